The van der Waals surface area contributed by atoms with Crippen molar-refractivity contribution in [3.8, 4) is 0 Å². The predicted molar refractivity (Wildman–Crippen MR) is 79.1 cm³/mol. The zero-order chi connectivity index (χ0) is 12.5. The molecule has 0 saturated heterocycles. The normalized spacial score (nSPS) is 12.6. The number of benzene rings is 1. The summed E-state index contributed by atoms with van der Waals surface area (Å²) in [6.45, 7) is 3.06. The molecule has 1 aromatic rings. The first-order chi connectivity index (χ1) is 8.26. The topological polar surface area (TPSA) is 26.0 Å². The van der Waals surface area contributed by atoms with E-state index >= 15 is 0 Å². The van der Waals surface area contributed by atoms with Gasteiger partial charge in [0.15, 0.2) is 0 Å². The van der Waals surface area contributed by atoms with Crippen molar-refractivity contribution in [2.24, 2.45) is 11.7 Å². The van der Waals surface area contributed by atoms with E-state index in [1.807, 2.05) is 0 Å². The minimum atomic E-state index is 0.646. The highest BCUT2D eigenvalue weighted by Crippen LogP contribution is 2.17. The standard InChI is InChI=1S/C15H24BrN/c1-2-3-4-5-6-14(12-17)11-13-7-9-15(16)10-8-13/h7-10,14H,2-6,11-12,17H2,1H3. The summed E-state index contributed by atoms with van der Waals surface area (Å²) in [6.07, 6.45) is 7.73. The quantitative estimate of drug-likeness (QED) is 0.701. The van der Waals surface area contributed by atoms with Gasteiger partial charge < -0.3 is 5.73 Å². The van der Waals surface area contributed by atoms with E-state index in [1.54, 1.807) is 0 Å². The highest BCUT2D eigenvalue weighted by Gasteiger charge is 2.07. The lowest BCUT2D eigenvalue weighted by molar-refractivity contribution is 0.460. The molecular formula is C15H24BrN. The molecule has 0 fully saturated rings. The van der Waals surface area contributed by atoms with Crippen molar-refractivity contribution in [3.05, 3.63) is 34.3 Å². The van der Waals surface area contributed by atoms with Gasteiger partial charge in [-0.25, -0.2) is 0 Å². The summed E-state index contributed by atoms with van der Waals surface area (Å²) in [7, 11) is 0. The van der Waals surface area contributed by atoms with Gasteiger partial charge in [-0.05, 0) is 43.0 Å². The summed E-state index contributed by atoms with van der Waals surface area (Å²) in [6, 6.07) is 8.61. The fourth-order valence-electron chi connectivity index (χ4n) is 2.12. The maximum Gasteiger partial charge on any atom is 0.0175 e. The first-order valence-electron chi connectivity index (χ1n) is 6.70. The van der Waals surface area contributed by atoms with Crippen molar-refractivity contribution in [2.45, 2.75) is 45.4 Å². The second kappa shape index (κ2) is 8.71. The monoisotopic (exact) mass is 297 g/mol. The predicted octanol–water partition coefficient (Wildman–Crippen LogP) is 4.54. The summed E-state index contributed by atoms with van der Waals surface area (Å²) in [4.78, 5) is 0. The molecule has 0 spiro atoms. The Kier molecular flexibility index (Phi) is 7.54. The second-order valence-corrected chi connectivity index (χ2v) is 5.70. The van der Waals surface area contributed by atoms with E-state index in [0.29, 0.717) is 5.92 Å². The molecule has 17 heavy (non-hydrogen) atoms. The van der Waals surface area contributed by atoms with E-state index in [0.717, 1.165) is 17.4 Å². The summed E-state index contributed by atoms with van der Waals surface area (Å²) in [5, 5.41) is 0. The van der Waals surface area contributed by atoms with E-state index in [4.69, 9.17) is 5.73 Å². The number of halogens is 1. The van der Waals surface area contributed by atoms with Crippen LogP contribution in [0.5, 0.6) is 0 Å². The number of hydrogen-bond acceptors (Lipinski definition) is 1. The van der Waals surface area contributed by atoms with E-state index in [9.17, 15) is 0 Å². The summed E-state index contributed by atoms with van der Waals surface area (Å²) in [5.41, 5.74) is 7.26. The van der Waals surface area contributed by atoms with Crippen LogP contribution in [0, 0.1) is 5.92 Å². The Labute approximate surface area is 114 Å². The molecule has 96 valence electrons. The lowest BCUT2D eigenvalue weighted by atomic mass is 9.94. The summed E-state index contributed by atoms with van der Waals surface area (Å²) >= 11 is 3.46. The molecule has 0 bridgehead atoms. The minimum absolute atomic E-state index is 0.646. The number of hydrogen-bond donors (Lipinski definition) is 1. The van der Waals surface area contributed by atoms with Crippen molar-refractivity contribution >= 4 is 15.9 Å². The van der Waals surface area contributed by atoms with Gasteiger partial charge in [-0.3, -0.25) is 0 Å². The van der Waals surface area contributed by atoms with Crippen LogP contribution in [0.4, 0.5) is 0 Å². The number of rotatable bonds is 8. The van der Waals surface area contributed by atoms with Gasteiger partial charge in [0.25, 0.3) is 0 Å². The molecule has 0 aliphatic carbocycles. The molecule has 1 nitrogen and oxygen atoms in total. The zero-order valence-corrected chi connectivity index (χ0v) is 12.4. The molecule has 2 N–H and O–H groups in total. The van der Waals surface area contributed by atoms with Crippen molar-refractivity contribution in [1.29, 1.82) is 0 Å². The van der Waals surface area contributed by atoms with E-state index in [2.05, 4.69) is 47.1 Å². The smallest absolute Gasteiger partial charge is 0.0175 e. The SMILES string of the molecule is CCCCCCC(CN)Cc1ccc(Br)cc1. The van der Waals surface area contributed by atoms with Gasteiger partial charge in [-0.1, -0.05) is 60.7 Å². The van der Waals surface area contributed by atoms with E-state index in [-0.39, 0.29) is 0 Å². The molecule has 1 atom stereocenters. The molecule has 0 heterocycles. The minimum Gasteiger partial charge on any atom is -0.330 e. The van der Waals surface area contributed by atoms with Gasteiger partial charge in [0.2, 0.25) is 0 Å². The molecule has 1 rings (SSSR count). The largest absolute Gasteiger partial charge is 0.330 e. The van der Waals surface area contributed by atoms with E-state index < -0.39 is 0 Å². The Morgan fingerprint density at radius 2 is 1.82 bits per heavy atom. The Bertz CT molecular complexity index is 294. The van der Waals surface area contributed by atoms with Crippen LogP contribution in [0.3, 0.4) is 0 Å². The third-order valence-corrected chi connectivity index (χ3v) is 3.77. The van der Waals surface area contributed by atoms with E-state index in [1.165, 1.54) is 37.7 Å². The van der Waals surface area contributed by atoms with Gasteiger partial charge in [-0.2, -0.15) is 0 Å². The molecule has 0 saturated carbocycles. The van der Waals surface area contributed by atoms with Crippen LogP contribution in [-0.4, -0.2) is 6.54 Å². The molecule has 2 heteroatoms. The van der Waals surface area contributed by atoms with Crippen molar-refractivity contribution < 1.29 is 0 Å². The number of unbranched alkanes of at least 4 members (excludes halogenated alkanes) is 3. The van der Waals surface area contributed by atoms with Gasteiger partial charge in [-0.15, -0.1) is 0 Å². The van der Waals surface area contributed by atoms with Crippen molar-refractivity contribution in [3.63, 3.8) is 0 Å². The number of nitrogens with two attached hydrogens (primary N) is 1. The Morgan fingerprint density at radius 3 is 2.41 bits per heavy atom. The average molecular weight is 298 g/mol. The molecule has 0 aliphatic rings. The van der Waals surface area contributed by atoms with Crippen LogP contribution in [0.15, 0.2) is 28.7 Å². The third-order valence-electron chi connectivity index (χ3n) is 3.24. The van der Waals surface area contributed by atoms with Crippen LogP contribution in [0.2, 0.25) is 0 Å². The lowest BCUT2D eigenvalue weighted by Gasteiger charge is -2.14. The van der Waals surface area contributed by atoms with Crippen LogP contribution in [0.25, 0.3) is 0 Å². The van der Waals surface area contributed by atoms with Crippen molar-refractivity contribution in [1.82, 2.24) is 0 Å². The molecule has 0 aliphatic heterocycles. The molecule has 1 unspecified atom stereocenters. The second-order valence-electron chi connectivity index (χ2n) is 4.78. The van der Waals surface area contributed by atoms with Gasteiger partial charge >= 0.3 is 0 Å². The lowest BCUT2D eigenvalue weighted by Crippen LogP contribution is -2.16. The molecule has 0 aromatic heterocycles. The highest BCUT2D eigenvalue weighted by molar-refractivity contribution is 9.10. The van der Waals surface area contributed by atoms with Gasteiger partial charge in [0, 0.05) is 4.47 Å². The summed E-state index contributed by atoms with van der Waals surface area (Å²) < 4.78 is 1.15. The van der Waals surface area contributed by atoms with Crippen LogP contribution in [-0.2, 0) is 6.42 Å². The maximum atomic E-state index is 5.86. The Balaban J connectivity index is 2.33. The highest BCUT2D eigenvalue weighted by atomic mass is 79.9. The molecule has 1 aromatic carbocycles. The zero-order valence-electron chi connectivity index (χ0n) is 10.8. The van der Waals surface area contributed by atoms with Crippen LogP contribution in [0.1, 0.15) is 44.6 Å². The third kappa shape index (κ3) is 6.23. The maximum absolute atomic E-state index is 5.86. The fraction of sp³-hybridized carbons (Fsp3) is 0.600. The first kappa shape index (κ1) is 14.7. The van der Waals surface area contributed by atoms with Crippen LogP contribution >= 0.6 is 15.9 Å². The Hall–Kier alpha value is -0.340. The van der Waals surface area contributed by atoms with Gasteiger partial charge in [0.05, 0.1) is 0 Å². The molecular weight excluding hydrogens is 274 g/mol. The van der Waals surface area contributed by atoms with Gasteiger partial charge in [0.1, 0.15) is 0 Å². The van der Waals surface area contributed by atoms with Crippen LogP contribution < -0.4 is 5.73 Å². The molecule has 0 radical (unpaired) electrons. The molecule has 0 amide bonds. The Morgan fingerprint density at radius 1 is 1.12 bits per heavy atom. The summed E-state index contributed by atoms with van der Waals surface area (Å²) in [5.74, 6) is 0.646. The average Bonchev–Trinajstić information content (AvgIpc) is 2.35. The fourth-order valence-corrected chi connectivity index (χ4v) is 2.38. The first-order valence-corrected chi connectivity index (χ1v) is 7.50. The van der Waals surface area contributed by atoms with Crippen molar-refractivity contribution in [2.75, 3.05) is 6.54 Å².